The lowest BCUT2D eigenvalue weighted by atomic mass is 10.2. The Morgan fingerprint density at radius 3 is 2.53 bits per heavy atom. The summed E-state index contributed by atoms with van der Waals surface area (Å²) in [5, 5.41) is 5.02. The van der Waals surface area contributed by atoms with Crippen LogP contribution in [0, 0.1) is 5.82 Å². The highest BCUT2D eigenvalue weighted by Crippen LogP contribution is 2.18. The Bertz CT molecular complexity index is 479. The predicted molar refractivity (Wildman–Crippen MR) is 71.0 cm³/mol. The van der Waals surface area contributed by atoms with E-state index in [2.05, 4.69) is 10.6 Å². The van der Waals surface area contributed by atoms with Gasteiger partial charge in [-0.15, -0.1) is 0 Å². The van der Waals surface area contributed by atoms with Crippen molar-refractivity contribution in [2.45, 2.75) is 0 Å². The van der Waals surface area contributed by atoms with Gasteiger partial charge in [-0.2, -0.15) is 0 Å². The summed E-state index contributed by atoms with van der Waals surface area (Å²) < 4.78 is 12.8. The Kier molecular flexibility index (Phi) is 5.25. The highest BCUT2D eigenvalue weighted by Gasteiger charge is 2.11. The molecule has 0 spiro atoms. The molecule has 0 unspecified atom stereocenters. The van der Waals surface area contributed by atoms with E-state index in [1.807, 2.05) is 0 Å². The van der Waals surface area contributed by atoms with Crippen LogP contribution in [0.3, 0.4) is 0 Å². The van der Waals surface area contributed by atoms with Crippen LogP contribution < -0.4 is 16.4 Å². The third kappa shape index (κ3) is 4.92. The summed E-state index contributed by atoms with van der Waals surface area (Å²) in [5.41, 5.74) is 6.07. The van der Waals surface area contributed by atoms with Crippen LogP contribution in [0.25, 0.3) is 0 Å². The van der Waals surface area contributed by atoms with Crippen LogP contribution in [0.1, 0.15) is 0 Å². The van der Waals surface area contributed by atoms with E-state index in [0.717, 1.165) is 6.07 Å². The first kappa shape index (κ1) is 14.9. The number of halogens is 1. The van der Waals surface area contributed by atoms with Crippen molar-refractivity contribution >= 4 is 23.2 Å². The Labute approximate surface area is 110 Å². The Morgan fingerprint density at radius 1 is 1.32 bits per heavy atom. The summed E-state index contributed by atoms with van der Waals surface area (Å²) >= 11 is 0. The maximum Gasteiger partial charge on any atom is 0.238 e. The number of amides is 2. The van der Waals surface area contributed by atoms with Gasteiger partial charge < -0.3 is 16.4 Å². The molecule has 0 radical (unpaired) electrons. The lowest BCUT2D eigenvalue weighted by molar-refractivity contribution is -0.122. The van der Waals surface area contributed by atoms with Crippen molar-refractivity contribution in [2.24, 2.45) is 0 Å². The van der Waals surface area contributed by atoms with Crippen molar-refractivity contribution in [2.75, 3.05) is 38.2 Å². The number of hydrogen-bond acceptors (Lipinski definition) is 4. The number of anilines is 2. The van der Waals surface area contributed by atoms with Crippen LogP contribution >= 0.6 is 0 Å². The first-order valence-electron chi connectivity index (χ1n) is 5.66. The minimum atomic E-state index is -0.466. The molecule has 0 aliphatic heterocycles. The van der Waals surface area contributed by atoms with E-state index in [0.29, 0.717) is 5.69 Å². The molecule has 4 N–H and O–H groups in total. The summed E-state index contributed by atoms with van der Waals surface area (Å²) in [7, 11) is 3.16. The fraction of sp³-hybridized carbons (Fsp3) is 0.333. The average Bonchev–Trinajstić information content (AvgIpc) is 2.32. The first-order chi connectivity index (χ1) is 8.92. The quantitative estimate of drug-likeness (QED) is 0.657. The number of benzene rings is 1. The predicted octanol–water partition coefficient (Wildman–Crippen LogP) is 0.0242. The normalized spacial score (nSPS) is 10.3. The van der Waals surface area contributed by atoms with E-state index < -0.39 is 5.82 Å². The number of likely N-dealkylation sites (N-methyl/N-ethyl adjacent to an activating group) is 2. The fourth-order valence-electron chi connectivity index (χ4n) is 1.46. The zero-order valence-corrected chi connectivity index (χ0v) is 10.9. The summed E-state index contributed by atoms with van der Waals surface area (Å²) in [4.78, 5) is 24.4. The van der Waals surface area contributed by atoms with Gasteiger partial charge in [-0.05, 0) is 25.2 Å². The highest BCUT2D eigenvalue weighted by molar-refractivity contribution is 5.95. The van der Waals surface area contributed by atoms with Gasteiger partial charge in [0.05, 0.1) is 24.5 Å². The van der Waals surface area contributed by atoms with E-state index in [9.17, 15) is 14.0 Å². The number of hydrogen-bond donors (Lipinski definition) is 3. The molecule has 104 valence electrons. The molecular weight excluding hydrogens is 251 g/mol. The van der Waals surface area contributed by atoms with Gasteiger partial charge in [-0.25, -0.2) is 4.39 Å². The molecule has 0 aromatic heterocycles. The molecule has 0 aliphatic rings. The number of carbonyl (C=O) groups excluding carboxylic acids is 2. The summed E-state index contributed by atoms with van der Waals surface area (Å²) in [6, 6.07) is 3.73. The zero-order valence-electron chi connectivity index (χ0n) is 10.9. The van der Waals surface area contributed by atoms with Crippen molar-refractivity contribution in [1.82, 2.24) is 10.2 Å². The number of nitrogen functional groups attached to an aromatic ring is 1. The monoisotopic (exact) mass is 268 g/mol. The summed E-state index contributed by atoms with van der Waals surface area (Å²) in [6.45, 7) is 0.146. The van der Waals surface area contributed by atoms with Gasteiger partial charge >= 0.3 is 0 Å². The van der Waals surface area contributed by atoms with Crippen LogP contribution in [0.15, 0.2) is 18.2 Å². The smallest absolute Gasteiger partial charge is 0.238 e. The van der Waals surface area contributed by atoms with E-state index in [1.165, 1.54) is 19.2 Å². The fourth-order valence-corrected chi connectivity index (χ4v) is 1.46. The van der Waals surface area contributed by atoms with Crippen LogP contribution in [0.2, 0.25) is 0 Å². The van der Waals surface area contributed by atoms with Gasteiger partial charge in [-0.3, -0.25) is 14.5 Å². The summed E-state index contributed by atoms with van der Waals surface area (Å²) in [5.74, 6) is -0.978. The molecule has 0 bridgehead atoms. The number of nitrogens with two attached hydrogens (primary N) is 1. The minimum Gasteiger partial charge on any atom is -0.397 e. The van der Waals surface area contributed by atoms with Crippen LogP contribution in [-0.4, -0.2) is 43.9 Å². The Morgan fingerprint density at radius 2 is 1.95 bits per heavy atom. The molecule has 1 rings (SSSR count). The van der Waals surface area contributed by atoms with Crippen LogP contribution in [0.5, 0.6) is 0 Å². The molecule has 19 heavy (non-hydrogen) atoms. The second kappa shape index (κ2) is 6.69. The third-order valence-electron chi connectivity index (χ3n) is 2.39. The number of carbonyl (C=O) groups is 2. The van der Waals surface area contributed by atoms with Crippen molar-refractivity contribution in [1.29, 1.82) is 0 Å². The van der Waals surface area contributed by atoms with E-state index in [4.69, 9.17) is 5.73 Å². The first-order valence-corrected chi connectivity index (χ1v) is 5.66. The largest absolute Gasteiger partial charge is 0.397 e. The molecule has 0 saturated heterocycles. The molecule has 0 saturated carbocycles. The average molecular weight is 268 g/mol. The van der Waals surface area contributed by atoms with Crippen LogP contribution in [0.4, 0.5) is 15.8 Å². The van der Waals surface area contributed by atoms with Gasteiger partial charge in [0.25, 0.3) is 0 Å². The summed E-state index contributed by atoms with van der Waals surface area (Å²) in [6.07, 6.45) is 0. The zero-order chi connectivity index (χ0) is 14.4. The SMILES string of the molecule is CNC(=O)CN(C)CC(=O)Nc1ccc(F)cc1N. The molecular formula is C12H17FN4O2. The van der Waals surface area contributed by atoms with Crippen LogP contribution in [-0.2, 0) is 9.59 Å². The topological polar surface area (TPSA) is 87.5 Å². The van der Waals surface area contributed by atoms with E-state index in [1.54, 1.807) is 11.9 Å². The maximum atomic E-state index is 12.8. The molecule has 0 aliphatic carbocycles. The lowest BCUT2D eigenvalue weighted by Crippen LogP contribution is -2.37. The van der Waals surface area contributed by atoms with E-state index in [-0.39, 0.29) is 30.6 Å². The van der Waals surface area contributed by atoms with Crippen molar-refractivity contribution in [3.63, 3.8) is 0 Å². The molecule has 1 aromatic rings. The second-order valence-electron chi connectivity index (χ2n) is 4.13. The third-order valence-corrected chi connectivity index (χ3v) is 2.39. The highest BCUT2D eigenvalue weighted by atomic mass is 19.1. The second-order valence-corrected chi connectivity index (χ2v) is 4.13. The minimum absolute atomic E-state index is 0.0320. The van der Waals surface area contributed by atoms with Gasteiger partial charge in [-0.1, -0.05) is 0 Å². The van der Waals surface area contributed by atoms with Gasteiger partial charge in [0, 0.05) is 7.05 Å². The molecule has 1 aromatic carbocycles. The number of nitrogens with one attached hydrogen (secondary N) is 2. The molecule has 0 fully saturated rings. The molecule has 6 nitrogen and oxygen atoms in total. The molecule has 0 atom stereocenters. The Hall–Kier alpha value is -2.15. The van der Waals surface area contributed by atoms with Crippen molar-refractivity contribution in [3.05, 3.63) is 24.0 Å². The van der Waals surface area contributed by atoms with Gasteiger partial charge in [0.2, 0.25) is 11.8 Å². The van der Waals surface area contributed by atoms with Crippen molar-refractivity contribution < 1.29 is 14.0 Å². The van der Waals surface area contributed by atoms with E-state index >= 15 is 0 Å². The maximum absolute atomic E-state index is 12.8. The lowest BCUT2D eigenvalue weighted by Gasteiger charge is -2.15. The molecule has 7 heteroatoms. The molecule has 2 amide bonds. The van der Waals surface area contributed by atoms with Crippen molar-refractivity contribution in [3.8, 4) is 0 Å². The van der Waals surface area contributed by atoms with Gasteiger partial charge in [0.15, 0.2) is 0 Å². The number of rotatable bonds is 5. The molecule has 0 heterocycles. The van der Waals surface area contributed by atoms with Gasteiger partial charge in [0.1, 0.15) is 5.82 Å². The number of nitrogens with zero attached hydrogens (tertiary/aromatic N) is 1. The Balaban J connectivity index is 2.53. The standard InChI is InChI=1S/C12H17FN4O2/c1-15-11(18)6-17(2)7-12(19)16-10-4-3-8(13)5-9(10)14/h3-5H,6-7,14H2,1-2H3,(H,15,18)(H,16,19).